The van der Waals surface area contributed by atoms with E-state index in [0.717, 1.165) is 41.2 Å². The Balaban J connectivity index is 0.00000195. The minimum Gasteiger partial charge on any atom is -0.392 e. The van der Waals surface area contributed by atoms with Gasteiger partial charge in [-0.15, -0.1) is 5.10 Å². The summed E-state index contributed by atoms with van der Waals surface area (Å²) in [6.45, 7) is 22.5. The third-order valence-corrected chi connectivity index (χ3v) is 7.50. The average Bonchev–Trinajstić information content (AvgIpc) is 3.28. The molecule has 1 saturated carbocycles. The largest absolute Gasteiger partial charge is 0.392 e. The first-order valence-electron chi connectivity index (χ1n) is 13.9. The van der Waals surface area contributed by atoms with Gasteiger partial charge in [0, 0.05) is 55.2 Å². The smallest absolute Gasteiger partial charge is 0.156 e. The molecule has 4 unspecified atom stereocenters. The Labute approximate surface area is 229 Å². The monoisotopic (exact) mass is 518 g/mol. The van der Waals surface area contributed by atoms with Crippen LogP contribution in [0, 0.1) is 20.8 Å². The summed E-state index contributed by atoms with van der Waals surface area (Å²) in [7, 11) is 1.73. The van der Waals surface area contributed by atoms with Crippen molar-refractivity contribution in [2.45, 2.75) is 79.4 Å². The van der Waals surface area contributed by atoms with Gasteiger partial charge in [0.15, 0.2) is 5.82 Å². The van der Waals surface area contributed by atoms with E-state index in [-0.39, 0.29) is 17.9 Å². The zero-order valence-electron chi connectivity index (χ0n) is 24.7. The number of allylic oxidation sites excluding steroid dienone is 1. The second-order valence-corrected chi connectivity index (χ2v) is 10.0. The third kappa shape index (κ3) is 5.67. The van der Waals surface area contributed by atoms with Gasteiger partial charge in [-0.25, -0.2) is 4.68 Å². The highest BCUT2D eigenvalue weighted by Gasteiger charge is 2.53. The summed E-state index contributed by atoms with van der Waals surface area (Å²) >= 11 is 0. The van der Waals surface area contributed by atoms with Gasteiger partial charge in [-0.3, -0.25) is 0 Å². The number of aromatic nitrogens is 2. The van der Waals surface area contributed by atoms with Gasteiger partial charge in [0.1, 0.15) is 0 Å². The Bertz CT molecular complexity index is 1240. The molecule has 1 aliphatic rings. The molecule has 0 saturated heterocycles. The molecule has 38 heavy (non-hydrogen) atoms. The normalized spacial score (nSPS) is 20.3. The Morgan fingerprint density at radius 1 is 1.03 bits per heavy atom. The summed E-state index contributed by atoms with van der Waals surface area (Å²) in [5, 5.41) is 19.7. The van der Waals surface area contributed by atoms with Gasteiger partial charge in [-0.2, -0.15) is 0 Å². The summed E-state index contributed by atoms with van der Waals surface area (Å²) < 4.78 is 7.93. The molecule has 2 N–H and O–H groups in total. The number of methoxy groups -OCH3 is 1. The quantitative estimate of drug-likeness (QED) is 0.324. The van der Waals surface area contributed by atoms with Crippen LogP contribution in [0.25, 0.3) is 5.69 Å². The molecular formula is C32H46N4O2. The lowest BCUT2D eigenvalue weighted by Crippen LogP contribution is -2.53. The van der Waals surface area contributed by atoms with Crippen LogP contribution in [0.2, 0.25) is 0 Å². The summed E-state index contributed by atoms with van der Waals surface area (Å²) in [5.74, 6) is 0.400. The molecule has 3 aromatic rings. The highest BCUT2D eigenvalue weighted by Crippen LogP contribution is 2.52. The van der Waals surface area contributed by atoms with E-state index in [1.54, 1.807) is 7.11 Å². The van der Waals surface area contributed by atoms with Crippen LogP contribution in [0.1, 0.15) is 74.3 Å². The molecule has 6 nitrogen and oxygen atoms in total. The van der Waals surface area contributed by atoms with E-state index < -0.39 is 6.10 Å². The van der Waals surface area contributed by atoms with E-state index in [2.05, 4.69) is 87.8 Å². The molecule has 1 aromatic heterocycles. The predicted molar refractivity (Wildman–Crippen MR) is 160 cm³/mol. The Morgan fingerprint density at radius 3 is 2.26 bits per heavy atom. The highest BCUT2D eigenvalue weighted by molar-refractivity contribution is 5.57. The fourth-order valence-electron chi connectivity index (χ4n) is 5.54. The number of hydrogen-bond donors (Lipinski definition) is 2. The Kier molecular flexibility index (Phi) is 9.80. The van der Waals surface area contributed by atoms with E-state index >= 15 is 0 Å². The van der Waals surface area contributed by atoms with Gasteiger partial charge in [0.05, 0.1) is 17.9 Å². The zero-order chi connectivity index (χ0) is 28.1. The molecule has 0 spiro atoms. The van der Waals surface area contributed by atoms with Crippen molar-refractivity contribution in [3.8, 4) is 5.69 Å². The zero-order valence-corrected chi connectivity index (χ0v) is 24.7. The minimum atomic E-state index is -0.588. The number of aliphatic hydroxyl groups is 1. The van der Waals surface area contributed by atoms with Crippen LogP contribution in [0.3, 0.4) is 0 Å². The average molecular weight is 519 g/mol. The summed E-state index contributed by atoms with van der Waals surface area (Å²) in [4.78, 5) is 2.34. The topological polar surface area (TPSA) is 62.5 Å². The van der Waals surface area contributed by atoms with Crippen LogP contribution in [0.15, 0.2) is 54.9 Å². The molecule has 1 fully saturated rings. The molecule has 1 heterocycles. The Hall–Kier alpha value is -3.09. The molecule has 1 aliphatic carbocycles. The summed E-state index contributed by atoms with van der Waals surface area (Å²) in [6, 6.07) is 12.9. The molecule has 6 heteroatoms. The summed E-state index contributed by atoms with van der Waals surface area (Å²) in [5.41, 5.74) is 8.58. The lowest BCUT2D eigenvalue weighted by atomic mass is 9.62. The van der Waals surface area contributed by atoms with Gasteiger partial charge < -0.3 is 20.1 Å². The number of aryl methyl sites for hydroxylation is 3. The molecule has 0 aliphatic heterocycles. The van der Waals surface area contributed by atoms with Crippen LogP contribution >= 0.6 is 0 Å². The molecule has 206 valence electrons. The van der Waals surface area contributed by atoms with Gasteiger partial charge in [0.25, 0.3) is 0 Å². The number of rotatable bonds is 9. The molecule has 0 amide bonds. The standard InChI is InChI=1S/C30H40N4O2.C2H6/c1-9-33(10-2)22-13-14-23(21(7)16-22)26-28(35)27(29(26)36-8)24-17-34(32-30(24)31-18(3)4)25-15-19(5)11-12-20(25)6;1-2/h11-17,26-29,35H,3,9-10H2,1-2,4-8H3,(H,31,32);1-2H3. The number of nitrogens with zero attached hydrogens (tertiary/aromatic N) is 3. The van der Waals surface area contributed by atoms with Gasteiger partial charge in [-0.05, 0) is 82.0 Å². The predicted octanol–water partition coefficient (Wildman–Crippen LogP) is 6.87. The lowest BCUT2D eigenvalue weighted by molar-refractivity contribution is -0.0986. The van der Waals surface area contributed by atoms with Gasteiger partial charge in [0.2, 0.25) is 0 Å². The van der Waals surface area contributed by atoms with Crippen molar-refractivity contribution in [2.75, 3.05) is 30.4 Å². The van der Waals surface area contributed by atoms with Crippen LogP contribution in [-0.4, -0.2) is 47.3 Å². The minimum absolute atomic E-state index is 0.104. The maximum absolute atomic E-state index is 11.5. The van der Waals surface area contributed by atoms with E-state index in [1.165, 1.54) is 16.8 Å². The van der Waals surface area contributed by atoms with Crippen LogP contribution < -0.4 is 10.2 Å². The number of ether oxygens (including phenoxy) is 1. The highest BCUT2D eigenvalue weighted by atomic mass is 16.5. The van der Waals surface area contributed by atoms with Gasteiger partial charge >= 0.3 is 0 Å². The maximum Gasteiger partial charge on any atom is 0.156 e. The summed E-state index contributed by atoms with van der Waals surface area (Å²) in [6.07, 6.45) is 1.27. The molecule has 4 rings (SSSR count). The number of benzene rings is 2. The van der Waals surface area contributed by atoms with Crippen molar-refractivity contribution < 1.29 is 9.84 Å². The van der Waals surface area contributed by atoms with E-state index in [9.17, 15) is 5.11 Å². The molecular weight excluding hydrogens is 472 g/mol. The van der Waals surface area contributed by atoms with Crippen molar-refractivity contribution >= 4 is 11.5 Å². The number of nitrogens with one attached hydrogen (secondary N) is 1. The van der Waals surface area contributed by atoms with Crippen molar-refractivity contribution in [2.24, 2.45) is 0 Å². The lowest BCUT2D eigenvalue weighted by Gasteiger charge is -2.49. The maximum atomic E-state index is 11.5. The van der Waals surface area contributed by atoms with Crippen LogP contribution in [-0.2, 0) is 4.74 Å². The third-order valence-electron chi connectivity index (χ3n) is 7.50. The van der Waals surface area contributed by atoms with Crippen molar-refractivity contribution in [1.29, 1.82) is 0 Å². The molecule has 0 bridgehead atoms. The number of anilines is 2. The SMILES string of the molecule is C=C(C)Nc1nn(-c2cc(C)ccc2C)cc1C1C(O)C(c2ccc(N(CC)CC)cc2C)C1OC.CC. The van der Waals surface area contributed by atoms with E-state index in [0.29, 0.717) is 5.82 Å². The fourth-order valence-corrected chi connectivity index (χ4v) is 5.54. The second kappa shape index (κ2) is 12.6. The first-order chi connectivity index (χ1) is 18.2. The Morgan fingerprint density at radius 2 is 1.68 bits per heavy atom. The van der Waals surface area contributed by atoms with Gasteiger partial charge in [-0.1, -0.05) is 38.6 Å². The number of aliphatic hydroxyl groups excluding tert-OH is 1. The fraction of sp³-hybridized carbons (Fsp3) is 0.469. The van der Waals surface area contributed by atoms with E-state index in [1.807, 2.05) is 31.6 Å². The van der Waals surface area contributed by atoms with Crippen molar-refractivity contribution in [3.63, 3.8) is 0 Å². The van der Waals surface area contributed by atoms with E-state index in [4.69, 9.17) is 9.84 Å². The van der Waals surface area contributed by atoms with Crippen LogP contribution in [0.4, 0.5) is 11.5 Å². The van der Waals surface area contributed by atoms with Crippen molar-refractivity contribution in [1.82, 2.24) is 9.78 Å². The second-order valence-electron chi connectivity index (χ2n) is 10.0. The molecule has 2 aromatic carbocycles. The number of hydrogen-bond acceptors (Lipinski definition) is 5. The molecule has 0 radical (unpaired) electrons. The first kappa shape index (κ1) is 29.5. The molecule has 4 atom stereocenters. The van der Waals surface area contributed by atoms with Crippen LogP contribution in [0.5, 0.6) is 0 Å². The van der Waals surface area contributed by atoms with Crippen molar-refractivity contribution in [3.05, 3.63) is 82.7 Å². The first-order valence-corrected chi connectivity index (χ1v) is 13.9.